The summed E-state index contributed by atoms with van der Waals surface area (Å²) in [5, 5.41) is 2.90. The Morgan fingerprint density at radius 1 is 1.05 bits per heavy atom. The number of primary amides is 1. The lowest BCUT2D eigenvalue weighted by Gasteiger charge is -2.29. The van der Waals surface area contributed by atoms with Gasteiger partial charge in [0.25, 0.3) is 0 Å². The molecule has 2 amide bonds. The highest BCUT2D eigenvalue weighted by Crippen LogP contribution is 2.31. The van der Waals surface area contributed by atoms with Crippen molar-refractivity contribution >= 4 is 11.8 Å². The van der Waals surface area contributed by atoms with Gasteiger partial charge in [-0.15, -0.1) is 0 Å². The van der Waals surface area contributed by atoms with Crippen LogP contribution in [0.15, 0.2) is 30.3 Å². The van der Waals surface area contributed by atoms with Crippen molar-refractivity contribution in [1.29, 1.82) is 0 Å². The van der Waals surface area contributed by atoms with Crippen molar-refractivity contribution in [2.45, 2.75) is 58.9 Å². The van der Waals surface area contributed by atoms with Crippen LogP contribution in [-0.4, -0.2) is 11.8 Å². The summed E-state index contributed by atoms with van der Waals surface area (Å²) in [6.45, 7) is 4.52. The Hall–Kier alpha value is -1.84. The molecule has 0 atom stereocenters. The molecule has 22 heavy (non-hydrogen) atoms. The molecule has 0 spiro atoms. The van der Waals surface area contributed by atoms with Gasteiger partial charge in [-0.1, -0.05) is 69.9 Å². The molecular formula is C18H28N2O2. The maximum absolute atomic E-state index is 12.7. The van der Waals surface area contributed by atoms with E-state index in [9.17, 15) is 9.59 Å². The zero-order valence-electron chi connectivity index (χ0n) is 13.7. The van der Waals surface area contributed by atoms with Gasteiger partial charge in [-0.25, -0.2) is 0 Å². The molecule has 4 heteroatoms. The number of rotatable bonds is 10. The van der Waals surface area contributed by atoms with Crippen LogP contribution < -0.4 is 11.1 Å². The number of benzene rings is 1. The summed E-state index contributed by atoms with van der Waals surface area (Å²) in [6, 6.07) is 9.68. The fourth-order valence-electron chi connectivity index (χ4n) is 2.61. The molecule has 0 aliphatic rings. The van der Waals surface area contributed by atoms with Crippen LogP contribution in [0, 0.1) is 5.41 Å². The summed E-state index contributed by atoms with van der Waals surface area (Å²) < 4.78 is 0. The van der Waals surface area contributed by atoms with E-state index in [1.54, 1.807) is 0 Å². The monoisotopic (exact) mass is 304 g/mol. The molecule has 122 valence electrons. The largest absolute Gasteiger partial charge is 0.369 e. The Morgan fingerprint density at radius 2 is 1.59 bits per heavy atom. The van der Waals surface area contributed by atoms with Crippen LogP contribution in [-0.2, 0) is 16.1 Å². The average Bonchev–Trinajstić information content (AvgIpc) is 2.53. The molecule has 4 nitrogen and oxygen atoms in total. The predicted octanol–water partition coefficient (Wildman–Crippen LogP) is 3.15. The number of amides is 2. The molecule has 0 radical (unpaired) electrons. The van der Waals surface area contributed by atoms with Gasteiger partial charge in [-0.3, -0.25) is 9.59 Å². The maximum Gasteiger partial charge on any atom is 0.235 e. The summed E-state index contributed by atoms with van der Waals surface area (Å²) in [7, 11) is 0. The van der Waals surface area contributed by atoms with Crippen molar-refractivity contribution in [3.63, 3.8) is 0 Å². The number of nitrogens with two attached hydrogens (primary N) is 1. The van der Waals surface area contributed by atoms with Crippen LogP contribution in [0.1, 0.15) is 57.9 Å². The van der Waals surface area contributed by atoms with Gasteiger partial charge < -0.3 is 11.1 Å². The smallest absolute Gasteiger partial charge is 0.235 e. The lowest BCUT2D eigenvalue weighted by atomic mass is 9.76. The van der Waals surface area contributed by atoms with Crippen molar-refractivity contribution in [3.05, 3.63) is 35.9 Å². The highest BCUT2D eigenvalue weighted by molar-refractivity contribution is 6.04. The standard InChI is InChI=1S/C18H28N2O2/c1-3-5-12-18(16(19)21,13-6-4-2)17(22)20-14-15-10-8-7-9-11-15/h7-11H,3-6,12-14H2,1-2H3,(H2,19,21)(H,20,22). The second kappa shape index (κ2) is 9.23. The highest BCUT2D eigenvalue weighted by atomic mass is 16.2. The predicted molar refractivity (Wildman–Crippen MR) is 89.0 cm³/mol. The van der Waals surface area contributed by atoms with Crippen LogP contribution in [0.5, 0.6) is 0 Å². The Labute approximate surface area is 133 Å². The molecule has 0 aromatic heterocycles. The number of unbranched alkanes of at least 4 members (excludes halogenated alkanes) is 2. The molecular weight excluding hydrogens is 276 g/mol. The van der Waals surface area contributed by atoms with Gasteiger partial charge in [-0.05, 0) is 18.4 Å². The molecule has 0 aliphatic carbocycles. The second-order valence-corrected chi connectivity index (χ2v) is 5.82. The highest BCUT2D eigenvalue weighted by Gasteiger charge is 2.42. The molecule has 0 fully saturated rings. The summed E-state index contributed by atoms with van der Waals surface area (Å²) in [5.74, 6) is -0.731. The molecule has 0 saturated carbocycles. The molecule has 1 rings (SSSR count). The van der Waals surface area contributed by atoms with E-state index in [2.05, 4.69) is 5.32 Å². The average molecular weight is 304 g/mol. The van der Waals surface area contributed by atoms with Gasteiger partial charge in [0.15, 0.2) is 0 Å². The minimum atomic E-state index is -1.07. The third kappa shape index (κ3) is 4.86. The first-order valence-electron chi connectivity index (χ1n) is 8.19. The van der Waals surface area contributed by atoms with E-state index >= 15 is 0 Å². The van der Waals surface area contributed by atoms with Gasteiger partial charge in [0, 0.05) is 6.54 Å². The molecule has 1 aromatic carbocycles. The Kier molecular flexibility index (Phi) is 7.64. The van der Waals surface area contributed by atoms with Crippen LogP contribution in [0.2, 0.25) is 0 Å². The molecule has 3 N–H and O–H groups in total. The van der Waals surface area contributed by atoms with Gasteiger partial charge in [-0.2, -0.15) is 0 Å². The molecule has 0 heterocycles. The molecule has 0 aliphatic heterocycles. The lowest BCUT2D eigenvalue weighted by molar-refractivity contribution is -0.143. The lowest BCUT2D eigenvalue weighted by Crippen LogP contribution is -2.49. The number of hydrogen-bond acceptors (Lipinski definition) is 2. The second-order valence-electron chi connectivity index (χ2n) is 5.82. The van der Waals surface area contributed by atoms with E-state index in [0.29, 0.717) is 19.4 Å². The van der Waals surface area contributed by atoms with E-state index in [1.165, 1.54) is 0 Å². The first-order valence-corrected chi connectivity index (χ1v) is 8.19. The van der Waals surface area contributed by atoms with Gasteiger partial charge in [0.2, 0.25) is 11.8 Å². The minimum Gasteiger partial charge on any atom is -0.369 e. The summed E-state index contributed by atoms with van der Waals surface area (Å²) >= 11 is 0. The van der Waals surface area contributed by atoms with Crippen molar-refractivity contribution in [3.8, 4) is 0 Å². The number of carbonyl (C=O) groups is 2. The topological polar surface area (TPSA) is 72.2 Å². The van der Waals surface area contributed by atoms with Gasteiger partial charge in [0.05, 0.1) is 0 Å². The molecule has 0 bridgehead atoms. The summed E-state index contributed by atoms with van der Waals surface area (Å²) in [6.07, 6.45) is 4.58. The van der Waals surface area contributed by atoms with E-state index < -0.39 is 11.3 Å². The van der Waals surface area contributed by atoms with Crippen LogP contribution in [0.4, 0.5) is 0 Å². The Morgan fingerprint density at radius 3 is 2.05 bits per heavy atom. The minimum absolute atomic E-state index is 0.231. The van der Waals surface area contributed by atoms with E-state index in [4.69, 9.17) is 5.73 Å². The van der Waals surface area contributed by atoms with Crippen molar-refractivity contribution in [1.82, 2.24) is 5.32 Å². The zero-order valence-corrected chi connectivity index (χ0v) is 13.7. The number of carbonyl (C=O) groups excluding carboxylic acids is 2. The Balaban J connectivity index is 2.82. The van der Waals surface area contributed by atoms with Crippen molar-refractivity contribution in [2.75, 3.05) is 0 Å². The van der Waals surface area contributed by atoms with Crippen molar-refractivity contribution in [2.24, 2.45) is 11.1 Å². The maximum atomic E-state index is 12.7. The number of hydrogen-bond donors (Lipinski definition) is 2. The van der Waals surface area contributed by atoms with Gasteiger partial charge in [0.1, 0.15) is 5.41 Å². The molecule has 0 saturated heterocycles. The fraction of sp³-hybridized carbons (Fsp3) is 0.556. The normalized spacial score (nSPS) is 11.2. The van der Waals surface area contributed by atoms with Crippen LogP contribution in [0.25, 0.3) is 0 Å². The fourth-order valence-corrected chi connectivity index (χ4v) is 2.61. The van der Waals surface area contributed by atoms with Crippen LogP contribution in [0.3, 0.4) is 0 Å². The zero-order chi connectivity index (χ0) is 16.4. The third-order valence-electron chi connectivity index (χ3n) is 4.12. The van der Waals surface area contributed by atoms with Crippen LogP contribution >= 0.6 is 0 Å². The van der Waals surface area contributed by atoms with E-state index in [0.717, 1.165) is 31.2 Å². The first-order chi connectivity index (χ1) is 10.6. The van der Waals surface area contributed by atoms with Gasteiger partial charge >= 0.3 is 0 Å². The van der Waals surface area contributed by atoms with Crippen molar-refractivity contribution < 1.29 is 9.59 Å². The number of nitrogens with one attached hydrogen (secondary N) is 1. The first kappa shape index (κ1) is 18.2. The third-order valence-corrected chi connectivity index (χ3v) is 4.12. The van der Waals surface area contributed by atoms with E-state index in [-0.39, 0.29) is 5.91 Å². The molecule has 1 aromatic rings. The quantitative estimate of drug-likeness (QED) is 0.652. The summed E-state index contributed by atoms with van der Waals surface area (Å²) in [5.41, 5.74) is 5.57. The Bertz CT molecular complexity index is 463. The SMILES string of the molecule is CCCCC(CCCC)(C(N)=O)C(=O)NCc1ccccc1. The molecule has 0 unspecified atom stereocenters. The van der Waals surface area contributed by atoms with E-state index in [1.807, 2.05) is 44.2 Å². The summed E-state index contributed by atoms with van der Waals surface area (Å²) in [4.78, 5) is 24.7.